The number of terminal acetylenes is 1. The van der Waals surface area contributed by atoms with Gasteiger partial charge in [-0.2, -0.15) is 0 Å². The van der Waals surface area contributed by atoms with Crippen molar-refractivity contribution < 1.29 is 9.59 Å². The molecular formula is C18H15N3O2S. The van der Waals surface area contributed by atoms with Crippen LogP contribution in [0.4, 0.5) is 0 Å². The van der Waals surface area contributed by atoms with Gasteiger partial charge in [0.25, 0.3) is 11.8 Å². The van der Waals surface area contributed by atoms with Crippen molar-refractivity contribution in [1.82, 2.24) is 14.4 Å². The molecule has 1 fully saturated rings. The second kappa shape index (κ2) is 5.95. The van der Waals surface area contributed by atoms with Gasteiger partial charge in [-0.05, 0) is 24.4 Å². The molecule has 1 saturated heterocycles. The van der Waals surface area contributed by atoms with Gasteiger partial charge in [-0.15, -0.1) is 6.42 Å². The number of thiocarbonyl (C=S) groups is 1. The first-order valence-electron chi connectivity index (χ1n) is 7.28. The number of hydrogen-bond acceptors (Lipinski definition) is 3. The lowest BCUT2D eigenvalue weighted by molar-refractivity contribution is -0.132. The van der Waals surface area contributed by atoms with Crippen molar-refractivity contribution in [1.29, 1.82) is 0 Å². The Morgan fingerprint density at radius 1 is 1.17 bits per heavy atom. The molecule has 0 aliphatic carbocycles. The smallest absolute Gasteiger partial charge is 0.265 e. The number of carbonyl (C=O) groups is 2. The summed E-state index contributed by atoms with van der Waals surface area (Å²) in [4.78, 5) is 27.5. The third-order valence-electron chi connectivity index (χ3n) is 4.02. The fraction of sp³-hybridized carbons (Fsp3) is 0.167. The number of hydrogen-bond donors (Lipinski definition) is 0. The zero-order chi connectivity index (χ0) is 17.4. The van der Waals surface area contributed by atoms with E-state index in [1.807, 2.05) is 35.0 Å². The van der Waals surface area contributed by atoms with Gasteiger partial charge < -0.3 is 4.57 Å². The fourth-order valence-corrected chi connectivity index (χ4v) is 2.92. The van der Waals surface area contributed by atoms with E-state index in [-0.39, 0.29) is 10.7 Å². The number of benzene rings is 1. The molecule has 1 aliphatic heterocycles. The molecular weight excluding hydrogens is 322 g/mol. The van der Waals surface area contributed by atoms with E-state index in [0.717, 1.165) is 16.5 Å². The van der Waals surface area contributed by atoms with Crippen molar-refractivity contribution in [3.8, 4) is 12.3 Å². The van der Waals surface area contributed by atoms with E-state index < -0.39 is 11.8 Å². The SMILES string of the molecule is C#CCn1cc(C=C2C(=O)N(C)C(=S)N(C)C2=O)c2ccccc21. The zero-order valence-corrected chi connectivity index (χ0v) is 14.1. The zero-order valence-electron chi connectivity index (χ0n) is 13.3. The lowest BCUT2D eigenvalue weighted by atomic mass is 10.1. The Bertz CT molecular complexity index is 923. The van der Waals surface area contributed by atoms with Gasteiger partial charge in [-0.3, -0.25) is 19.4 Å². The molecule has 2 heterocycles. The third-order valence-corrected chi connectivity index (χ3v) is 4.57. The number of fused-ring (bicyclic) bond motifs is 1. The normalized spacial score (nSPS) is 15.2. The van der Waals surface area contributed by atoms with Crippen molar-refractivity contribution >= 4 is 46.1 Å². The van der Waals surface area contributed by atoms with E-state index in [4.69, 9.17) is 18.6 Å². The van der Waals surface area contributed by atoms with Crippen molar-refractivity contribution in [2.75, 3.05) is 14.1 Å². The molecule has 120 valence electrons. The molecule has 0 N–H and O–H groups in total. The van der Waals surface area contributed by atoms with E-state index in [1.54, 1.807) is 20.2 Å². The van der Waals surface area contributed by atoms with Gasteiger partial charge in [-0.1, -0.05) is 24.1 Å². The average Bonchev–Trinajstić information content (AvgIpc) is 2.93. The number of carbonyl (C=O) groups excluding carboxylic acids is 2. The summed E-state index contributed by atoms with van der Waals surface area (Å²) in [6.07, 6.45) is 8.88. The summed E-state index contributed by atoms with van der Waals surface area (Å²) in [7, 11) is 3.12. The molecule has 3 rings (SSSR count). The van der Waals surface area contributed by atoms with Gasteiger partial charge in [0.2, 0.25) is 0 Å². The molecule has 0 unspecified atom stereocenters. The first kappa shape index (κ1) is 16.0. The van der Waals surface area contributed by atoms with Crippen molar-refractivity contribution in [3.05, 3.63) is 41.6 Å². The summed E-state index contributed by atoms with van der Waals surface area (Å²) in [5.41, 5.74) is 1.81. The lowest BCUT2D eigenvalue weighted by Crippen LogP contribution is -2.52. The first-order valence-corrected chi connectivity index (χ1v) is 7.69. The van der Waals surface area contributed by atoms with Gasteiger partial charge >= 0.3 is 0 Å². The summed E-state index contributed by atoms with van der Waals surface area (Å²) >= 11 is 5.10. The molecule has 5 nitrogen and oxygen atoms in total. The summed E-state index contributed by atoms with van der Waals surface area (Å²) in [5, 5.41) is 1.12. The Kier molecular flexibility index (Phi) is 3.96. The van der Waals surface area contributed by atoms with Crippen LogP contribution in [0.25, 0.3) is 17.0 Å². The second-order valence-electron chi connectivity index (χ2n) is 5.50. The molecule has 0 spiro atoms. The van der Waals surface area contributed by atoms with E-state index in [2.05, 4.69) is 5.92 Å². The predicted octanol–water partition coefficient (Wildman–Crippen LogP) is 1.87. The van der Waals surface area contributed by atoms with Crippen molar-refractivity contribution in [3.63, 3.8) is 0 Å². The largest absolute Gasteiger partial charge is 0.335 e. The van der Waals surface area contributed by atoms with Crippen LogP contribution < -0.4 is 0 Å². The summed E-state index contributed by atoms with van der Waals surface area (Å²) in [6, 6.07) is 7.71. The molecule has 1 aromatic heterocycles. The topological polar surface area (TPSA) is 45.6 Å². The minimum absolute atomic E-state index is 0.0808. The van der Waals surface area contributed by atoms with Crippen LogP contribution in [0.1, 0.15) is 5.56 Å². The Balaban J connectivity index is 2.16. The Morgan fingerprint density at radius 2 is 1.79 bits per heavy atom. The predicted molar refractivity (Wildman–Crippen MR) is 96.9 cm³/mol. The highest BCUT2D eigenvalue weighted by Gasteiger charge is 2.35. The third kappa shape index (κ3) is 2.39. The lowest BCUT2D eigenvalue weighted by Gasteiger charge is -2.31. The Labute approximate surface area is 145 Å². The average molecular weight is 337 g/mol. The van der Waals surface area contributed by atoms with Gasteiger partial charge in [0.05, 0.1) is 6.54 Å². The van der Waals surface area contributed by atoms with Crippen LogP contribution in [0.15, 0.2) is 36.0 Å². The number of rotatable bonds is 2. The van der Waals surface area contributed by atoms with Crippen LogP contribution in [-0.4, -0.2) is 45.4 Å². The number of likely N-dealkylation sites (N-methyl/N-ethyl adjacent to an activating group) is 2. The maximum atomic E-state index is 12.4. The Morgan fingerprint density at radius 3 is 2.42 bits per heavy atom. The van der Waals surface area contributed by atoms with Gasteiger partial charge in [0.15, 0.2) is 5.11 Å². The summed E-state index contributed by atoms with van der Waals surface area (Å²) < 4.78 is 1.91. The van der Waals surface area contributed by atoms with E-state index in [0.29, 0.717) is 6.54 Å². The summed E-state index contributed by atoms with van der Waals surface area (Å²) in [6.45, 7) is 0.412. The van der Waals surface area contributed by atoms with E-state index in [9.17, 15) is 9.59 Å². The molecule has 2 amide bonds. The maximum Gasteiger partial charge on any atom is 0.265 e. The fourth-order valence-electron chi connectivity index (χ4n) is 2.75. The monoisotopic (exact) mass is 337 g/mol. The minimum atomic E-state index is -0.406. The highest BCUT2D eigenvalue weighted by atomic mass is 32.1. The van der Waals surface area contributed by atoms with Crippen molar-refractivity contribution in [2.24, 2.45) is 0 Å². The highest BCUT2D eigenvalue weighted by Crippen LogP contribution is 2.25. The summed E-state index contributed by atoms with van der Waals surface area (Å²) in [5.74, 6) is 1.79. The van der Waals surface area contributed by atoms with Crippen LogP contribution in [0.5, 0.6) is 0 Å². The molecule has 2 aromatic rings. The van der Waals surface area contributed by atoms with Crippen LogP contribution in [0, 0.1) is 12.3 Å². The van der Waals surface area contributed by atoms with Gasteiger partial charge in [0.1, 0.15) is 5.57 Å². The minimum Gasteiger partial charge on any atom is -0.335 e. The van der Waals surface area contributed by atoms with Crippen LogP contribution >= 0.6 is 12.2 Å². The molecule has 0 atom stereocenters. The van der Waals surface area contributed by atoms with Crippen LogP contribution in [0.3, 0.4) is 0 Å². The molecule has 0 saturated carbocycles. The maximum absolute atomic E-state index is 12.4. The Hall–Kier alpha value is -2.91. The number of aromatic nitrogens is 1. The first-order chi connectivity index (χ1) is 11.5. The number of nitrogens with zero attached hydrogens (tertiary/aromatic N) is 3. The molecule has 0 radical (unpaired) electrons. The molecule has 1 aromatic carbocycles. The van der Waals surface area contributed by atoms with E-state index in [1.165, 1.54) is 9.80 Å². The van der Waals surface area contributed by atoms with E-state index >= 15 is 0 Å². The molecule has 1 aliphatic rings. The van der Waals surface area contributed by atoms with Gasteiger partial charge in [0, 0.05) is 36.8 Å². The quantitative estimate of drug-likeness (QED) is 0.364. The second-order valence-corrected chi connectivity index (χ2v) is 5.87. The number of para-hydroxylation sites is 1. The standard InChI is InChI=1S/C18H15N3O2S/c1-4-9-21-11-12(13-7-5-6-8-15(13)21)10-14-16(22)19(2)18(24)20(3)17(14)23/h1,5-8,10-11H,9H2,2-3H3. The molecule has 0 bridgehead atoms. The highest BCUT2D eigenvalue weighted by molar-refractivity contribution is 7.80. The van der Waals surface area contributed by atoms with Crippen LogP contribution in [0.2, 0.25) is 0 Å². The molecule has 6 heteroatoms. The van der Waals surface area contributed by atoms with Crippen molar-refractivity contribution in [2.45, 2.75) is 6.54 Å². The van der Waals surface area contributed by atoms with Crippen LogP contribution in [-0.2, 0) is 16.1 Å². The molecule has 24 heavy (non-hydrogen) atoms. The number of amides is 2. The van der Waals surface area contributed by atoms with Gasteiger partial charge in [-0.25, -0.2) is 0 Å².